The summed E-state index contributed by atoms with van der Waals surface area (Å²) in [5.74, 6) is 0.943. The number of aromatic hydroxyl groups is 1. The summed E-state index contributed by atoms with van der Waals surface area (Å²) in [5, 5.41) is 12.2. The summed E-state index contributed by atoms with van der Waals surface area (Å²) < 4.78 is 71.4. The predicted octanol–water partition coefficient (Wildman–Crippen LogP) is 14.3. The maximum Gasteiger partial charge on any atom is 0.149 e. The molecule has 0 aliphatic rings. The number of aromatic nitrogens is 3. The van der Waals surface area contributed by atoms with Gasteiger partial charge in [0, 0.05) is 23.0 Å². The molecule has 284 valence electrons. The van der Waals surface area contributed by atoms with E-state index in [0.29, 0.717) is 22.5 Å². The van der Waals surface area contributed by atoms with E-state index in [-0.39, 0.29) is 40.4 Å². The number of hydrogen-bond acceptors (Lipinski definition) is 3. The van der Waals surface area contributed by atoms with Crippen molar-refractivity contribution < 1.29 is 16.1 Å². The lowest BCUT2D eigenvalue weighted by Gasteiger charge is -2.22. The molecule has 4 heteroatoms. The Morgan fingerprint density at radius 2 is 1.42 bits per heavy atom. The molecule has 0 saturated carbocycles. The first-order valence-corrected chi connectivity index (χ1v) is 19.4. The van der Waals surface area contributed by atoms with Crippen LogP contribution in [0, 0.1) is 6.92 Å². The SMILES string of the molecule is [2H]c1nc(-c2cc(-c3cccc4c3nc(-c3cc(C(C)C)cc(C(C)C)c3O)n4-c3cc(C)cc(-c4ccccc4)c3)cc(C(C)(C)C)c2)c([2H])c(-c2c([2H])c([2H])c([2H])c([2H])c2[2H])c1[2H]. The number of hydrogen-bond donors (Lipinski definition) is 1. The number of phenols is 1. The van der Waals surface area contributed by atoms with E-state index in [1.165, 1.54) is 0 Å². The van der Waals surface area contributed by atoms with E-state index in [1.807, 2.05) is 54.6 Å². The van der Waals surface area contributed by atoms with Crippen molar-refractivity contribution in [3.63, 3.8) is 0 Å². The van der Waals surface area contributed by atoms with Gasteiger partial charge in [0.25, 0.3) is 0 Å². The molecule has 0 saturated heterocycles. The van der Waals surface area contributed by atoms with Crippen LogP contribution in [0.25, 0.3) is 72.7 Å². The van der Waals surface area contributed by atoms with Crippen LogP contribution in [-0.2, 0) is 5.41 Å². The number of para-hydroxylation sites is 1. The summed E-state index contributed by atoms with van der Waals surface area (Å²) in [6.45, 7) is 16.7. The summed E-state index contributed by atoms with van der Waals surface area (Å²) in [7, 11) is 0. The van der Waals surface area contributed by atoms with Crippen molar-refractivity contribution in [2.24, 2.45) is 0 Å². The largest absolute Gasteiger partial charge is 0.507 e. The van der Waals surface area contributed by atoms with E-state index in [4.69, 9.17) is 14.6 Å². The molecule has 1 N–H and O–H groups in total. The molecule has 2 heterocycles. The highest BCUT2D eigenvalue weighted by molar-refractivity contribution is 5.97. The fourth-order valence-electron chi connectivity index (χ4n) is 7.39. The number of imidazole rings is 1. The first-order chi connectivity index (χ1) is 30.7. The van der Waals surface area contributed by atoms with Crippen LogP contribution in [0.4, 0.5) is 0 Å². The topological polar surface area (TPSA) is 50.9 Å². The van der Waals surface area contributed by atoms with E-state index in [2.05, 4.69) is 107 Å². The average Bonchev–Trinajstić information content (AvgIpc) is 3.66. The number of phenolic OH excluding ortho intramolecular Hbond substituents is 1. The first-order valence-electron chi connectivity index (χ1n) is 23.4. The maximum absolute atomic E-state index is 12.2. The Hall–Kier alpha value is -6.26. The lowest BCUT2D eigenvalue weighted by atomic mass is 9.83. The first kappa shape index (κ1) is 29.0. The summed E-state index contributed by atoms with van der Waals surface area (Å²) in [6.07, 6.45) is -0.497. The Kier molecular flexibility index (Phi) is 7.65. The molecule has 6 aromatic carbocycles. The molecule has 2 aromatic heterocycles. The number of fused-ring (bicyclic) bond motifs is 1. The van der Waals surface area contributed by atoms with Crippen molar-refractivity contribution >= 4 is 11.0 Å². The Morgan fingerprint density at radius 3 is 2.14 bits per heavy atom. The molecule has 57 heavy (non-hydrogen) atoms. The molecule has 8 rings (SSSR count). The van der Waals surface area contributed by atoms with Crippen LogP contribution in [0.15, 0.2) is 146 Å². The number of nitrogens with zero attached hydrogens (tertiary/aromatic N) is 3. The quantitative estimate of drug-likeness (QED) is 0.168. The Morgan fingerprint density at radius 1 is 0.667 bits per heavy atom. The monoisotopic (exact) mass is 753 g/mol. The van der Waals surface area contributed by atoms with Gasteiger partial charge in [-0.15, -0.1) is 0 Å². The van der Waals surface area contributed by atoms with Gasteiger partial charge in [0.1, 0.15) is 11.6 Å². The highest BCUT2D eigenvalue weighted by Gasteiger charge is 2.25. The van der Waals surface area contributed by atoms with E-state index >= 15 is 0 Å². The van der Waals surface area contributed by atoms with Crippen molar-refractivity contribution in [2.75, 3.05) is 0 Å². The normalized spacial score (nSPS) is 13.9. The minimum absolute atomic E-state index is 0.0309. The molecule has 0 atom stereocenters. The minimum Gasteiger partial charge on any atom is -0.507 e. The highest BCUT2D eigenvalue weighted by Crippen LogP contribution is 2.43. The Balaban J connectivity index is 1.44. The van der Waals surface area contributed by atoms with Crippen LogP contribution in [0.2, 0.25) is 0 Å². The smallest absolute Gasteiger partial charge is 0.149 e. The van der Waals surface area contributed by atoms with Crippen molar-refractivity contribution in [3.05, 3.63) is 168 Å². The second-order valence-electron chi connectivity index (χ2n) is 16.4. The van der Waals surface area contributed by atoms with E-state index < -0.39 is 47.8 Å². The van der Waals surface area contributed by atoms with Crippen molar-refractivity contribution in [1.82, 2.24) is 14.5 Å². The zero-order valence-corrected chi connectivity index (χ0v) is 33.7. The molecule has 0 fully saturated rings. The van der Waals surface area contributed by atoms with Gasteiger partial charge in [-0.3, -0.25) is 9.55 Å². The summed E-state index contributed by atoms with van der Waals surface area (Å²) in [6, 6.07) is 28.8. The van der Waals surface area contributed by atoms with Gasteiger partial charge >= 0.3 is 0 Å². The lowest BCUT2D eigenvalue weighted by Crippen LogP contribution is -2.11. The molecule has 0 amide bonds. The van der Waals surface area contributed by atoms with E-state index in [9.17, 15) is 6.48 Å². The maximum atomic E-state index is 12.2. The summed E-state index contributed by atoms with van der Waals surface area (Å²) in [5.41, 5.74) is 9.81. The van der Waals surface area contributed by atoms with Crippen LogP contribution >= 0.6 is 0 Å². The summed E-state index contributed by atoms with van der Waals surface area (Å²) in [4.78, 5) is 9.92. The van der Waals surface area contributed by atoms with E-state index in [1.54, 1.807) is 0 Å². The van der Waals surface area contributed by atoms with Gasteiger partial charge in [-0.25, -0.2) is 4.98 Å². The lowest BCUT2D eigenvalue weighted by molar-refractivity contribution is 0.466. The second-order valence-corrected chi connectivity index (χ2v) is 16.4. The van der Waals surface area contributed by atoms with E-state index in [0.717, 1.165) is 55.7 Å². The third-order valence-electron chi connectivity index (χ3n) is 10.5. The minimum atomic E-state index is -0.597. The average molecular weight is 754 g/mol. The van der Waals surface area contributed by atoms with Gasteiger partial charge in [0.15, 0.2) is 0 Å². The highest BCUT2D eigenvalue weighted by atomic mass is 16.3. The fourth-order valence-corrected chi connectivity index (χ4v) is 7.39. The molecule has 0 unspecified atom stereocenters. The van der Waals surface area contributed by atoms with Crippen LogP contribution < -0.4 is 0 Å². The number of aryl methyl sites for hydroxylation is 1. The number of benzene rings is 6. The molecule has 0 aliphatic heterocycles. The van der Waals surface area contributed by atoms with Gasteiger partial charge in [0.05, 0.1) is 33.3 Å². The van der Waals surface area contributed by atoms with Gasteiger partial charge in [0.2, 0.25) is 0 Å². The van der Waals surface area contributed by atoms with Crippen LogP contribution in [-0.4, -0.2) is 19.6 Å². The molecule has 0 aliphatic carbocycles. The van der Waals surface area contributed by atoms with Gasteiger partial charge in [-0.1, -0.05) is 139 Å². The van der Waals surface area contributed by atoms with Gasteiger partial charge in [-0.2, -0.15) is 0 Å². The third-order valence-corrected chi connectivity index (χ3v) is 10.5. The van der Waals surface area contributed by atoms with Crippen LogP contribution in [0.3, 0.4) is 0 Å². The van der Waals surface area contributed by atoms with Gasteiger partial charge < -0.3 is 5.11 Å². The van der Waals surface area contributed by atoms with Crippen LogP contribution in [0.1, 0.15) is 93.5 Å². The predicted molar refractivity (Wildman–Crippen MR) is 239 cm³/mol. The van der Waals surface area contributed by atoms with Crippen molar-refractivity contribution in [2.45, 2.75) is 72.6 Å². The molecule has 0 radical (unpaired) electrons. The third kappa shape index (κ3) is 7.40. The summed E-state index contributed by atoms with van der Waals surface area (Å²) >= 11 is 0. The molecule has 8 aromatic rings. The molecule has 0 spiro atoms. The second kappa shape index (κ2) is 15.0. The van der Waals surface area contributed by atoms with Crippen molar-refractivity contribution in [3.8, 4) is 67.5 Å². The molecular formula is C53H51N3O. The molecule has 0 bridgehead atoms. The molecular weight excluding hydrogens is 695 g/mol. The fraction of sp³-hybridized carbons (Fsp3) is 0.208. The molecule has 4 nitrogen and oxygen atoms in total. The van der Waals surface area contributed by atoms with Crippen molar-refractivity contribution in [1.29, 1.82) is 0 Å². The van der Waals surface area contributed by atoms with Gasteiger partial charge in [-0.05, 0) is 123 Å². The Bertz CT molecular complexity index is 3180. The van der Waals surface area contributed by atoms with Crippen LogP contribution in [0.5, 0.6) is 5.75 Å². The zero-order valence-electron chi connectivity index (χ0n) is 41.7. The number of rotatable bonds is 8. The number of pyridine rings is 1. The standard InChI is InChI=1S/C53H51N3O/c1-33(2)39-30-46(34(3)4)51(57)47(31-39)52-55-50-45(20-15-21-49(50)56(52)44-25-35(5)24-40(29-44)37-18-13-10-14-19-37)41-26-42(28-43(27-41)53(6,7)8)48-32-38(22-23-54-48)36-16-11-9-12-17-36/h9-34,57H,1-8H3/i9D,11D,12D,16D,17D,22D,23D,32D. The zero-order chi connectivity index (χ0) is 47.0. The Labute approximate surface area is 348 Å².